The maximum absolute atomic E-state index is 13.5. The molecule has 0 unspecified atom stereocenters. The molecule has 0 fully saturated rings. The van der Waals surface area contributed by atoms with Crippen LogP contribution in [-0.2, 0) is 13.0 Å². The Morgan fingerprint density at radius 1 is 1.40 bits per heavy atom. The third-order valence-electron chi connectivity index (χ3n) is 3.23. The topological polar surface area (TPSA) is 61.0 Å². The van der Waals surface area contributed by atoms with Gasteiger partial charge in [0.15, 0.2) is 0 Å². The lowest BCUT2D eigenvalue weighted by Crippen LogP contribution is -2.39. The summed E-state index contributed by atoms with van der Waals surface area (Å²) >= 11 is 0. The zero-order valence-electron chi connectivity index (χ0n) is 10.5. The van der Waals surface area contributed by atoms with Gasteiger partial charge in [0.1, 0.15) is 11.6 Å². The number of imidazole rings is 1. The van der Waals surface area contributed by atoms with Gasteiger partial charge < -0.3 is 15.2 Å². The van der Waals surface area contributed by atoms with Gasteiger partial charge in [0, 0.05) is 19.0 Å². The van der Waals surface area contributed by atoms with Gasteiger partial charge in [-0.1, -0.05) is 0 Å². The van der Waals surface area contributed by atoms with E-state index in [0.717, 1.165) is 23.5 Å². The van der Waals surface area contributed by atoms with Gasteiger partial charge in [0.05, 0.1) is 29.9 Å². The molecular formula is C13H12F2N4O. The second-order valence-electron chi connectivity index (χ2n) is 4.55. The molecule has 1 aliphatic rings. The van der Waals surface area contributed by atoms with E-state index in [2.05, 4.69) is 15.3 Å². The molecule has 0 spiro atoms. The van der Waals surface area contributed by atoms with Crippen LogP contribution in [0, 0.1) is 11.6 Å². The lowest BCUT2D eigenvalue weighted by molar-refractivity contribution is 0.205. The number of hydrogen-bond acceptors (Lipinski definition) is 2. The molecule has 0 bridgehead atoms. The van der Waals surface area contributed by atoms with E-state index in [-0.39, 0.29) is 5.69 Å². The van der Waals surface area contributed by atoms with E-state index in [4.69, 9.17) is 0 Å². The average Bonchev–Trinajstić information content (AvgIpc) is 2.89. The van der Waals surface area contributed by atoms with Gasteiger partial charge in [-0.2, -0.15) is 0 Å². The first-order valence-electron chi connectivity index (χ1n) is 6.15. The summed E-state index contributed by atoms with van der Waals surface area (Å²) in [5.74, 6) is -1.47. The van der Waals surface area contributed by atoms with E-state index in [1.807, 2.05) is 0 Å². The number of rotatable bonds is 1. The van der Waals surface area contributed by atoms with Crippen molar-refractivity contribution in [1.82, 2.24) is 14.9 Å². The summed E-state index contributed by atoms with van der Waals surface area (Å²) in [6, 6.07) is 2.62. The van der Waals surface area contributed by atoms with E-state index in [1.165, 1.54) is 6.07 Å². The van der Waals surface area contributed by atoms with Gasteiger partial charge in [-0.05, 0) is 12.1 Å². The van der Waals surface area contributed by atoms with Crippen molar-refractivity contribution in [2.45, 2.75) is 13.0 Å². The Bertz CT molecular complexity index is 656. The highest BCUT2D eigenvalue weighted by Crippen LogP contribution is 2.18. The molecule has 2 amide bonds. The number of nitrogens with zero attached hydrogens (tertiary/aromatic N) is 2. The summed E-state index contributed by atoms with van der Waals surface area (Å²) < 4.78 is 26.3. The first kappa shape index (κ1) is 12.6. The normalized spacial score (nSPS) is 14.0. The molecule has 2 heterocycles. The Balaban J connectivity index is 1.71. The summed E-state index contributed by atoms with van der Waals surface area (Å²) in [6.45, 7) is 0.899. The fourth-order valence-corrected chi connectivity index (χ4v) is 2.17. The Morgan fingerprint density at radius 2 is 2.25 bits per heavy atom. The molecule has 7 heteroatoms. The summed E-state index contributed by atoms with van der Waals surface area (Å²) in [6.07, 6.45) is 2.24. The fraction of sp³-hybridized carbons (Fsp3) is 0.231. The SMILES string of the molecule is O=C(Nc1ccc(F)cc1F)N1CCc2nc[nH]c2C1. The smallest absolute Gasteiger partial charge is 0.322 e. The van der Waals surface area contributed by atoms with Crippen molar-refractivity contribution in [1.29, 1.82) is 0 Å². The van der Waals surface area contributed by atoms with Crippen molar-refractivity contribution in [3.63, 3.8) is 0 Å². The van der Waals surface area contributed by atoms with Crippen molar-refractivity contribution < 1.29 is 13.6 Å². The number of nitrogens with one attached hydrogen (secondary N) is 2. The lowest BCUT2D eigenvalue weighted by Gasteiger charge is -2.26. The first-order chi connectivity index (χ1) is 9.63. The molecule has 3 rings (SSSR count). The van der Waals surface area contributed by atoms with Crippen LogP contribution in [-0.4, -0.2) is 27.4 Å². The highest BCUT2D eigenvalue weighted by molar-refractivity contribution is 5.89. The van der Waals surface area contributed by atoms with Crippen molar-refractivity contribution in [2.24, 2.45) is 0 Å². The van der Waals surface area contributed by atoms with E-state index in [0.29, 0.717) is 19.5 Å². The monoisotopic (exact) mass is 278 g/mol. The van der Waals surface area contributed by atoms with Crippen LogP contribution in [0.25, 0.3) is 0 Å². The molecule has 0 aliphatic carbocycles. The zero-order valence-corrected chi connectivity index (χ0v) is 10.5. The molecule has 2 aromatic rings. The molecule has 0 saturated heterocycles. The number of anilines is 1. The van der Waals surface area contributed by atoms with Crippen LogP contribution in [0.4, 0.5) is 19.3 Å². The molecule has 1 aliphatic heterocycles. The number of benzene rings is 1. The predicted octanol–water partition coefficient (Wildman–Crippen LogP) is 2.28. The second-order valence-corrected chi connectivity index (χ2v) is 4.55. The van der Waals surface area contributed by atoms with Crippen LogP contribution < -0.4 is 5.32 Å². The Kier molecular flexibility index (Phi) is 3.09. The van der Waals surface area contributed by atoms with Gasteiger partial charge in [-0.15, -0.1) is 0 Å². The number of H-pyrrole nitrogens is 1. The van der Waals surface area contributed by atoms with Gasteiger partial charge in [-0.3, -0.25) is 0 Å². The minimum Gasteiger partial charge on any atom is -0.347 e. The number of hydrogen-bond donors (Lipinski definition) is 2. The van der Waals surface area contributed by atoms with Crippen molar-refractivity contribution in [3.8, 4) is 0 Å². The fourth-order valence-electron chi connectivity index (χ4n) is 2.17. The molecule has 1 aromatic heterocycles. The van der Waals surface area contributed by atoms with Gasteiger partial charge in [0.25, 0.3) is 0 Å². The number of carbonyl (C=O) groups excluding carboxylic acids is 1. The molecule has 1 aromatic carbocycles. The summed E-state index contributed by atoms with van der Waals surface area (Å²) in [5.41, 5.74) is 1.79. The Hall–Kier alpha value is -2.44. The van der Waals surface area contributed by atoms with E-state index in [1.54, 1.807) is 11.2 Å². The van der Waals surface area contributed by atoms with Crippen LogP contribution in [0.15, 0.2) is 24.5 Å². The number of urea groups is 1. The number of aromatic nitrogens is 2. The van der Waals surface area contributed by atoms with Crippen molar-refractivity contribution >= 4 is 11.7 Å². The summed E-state index contributed by atoms with van der Waals surface area (Å²) in [7, 11) is 0. The Labute approximate surface area is 113 Å². The van der Waals surface area contributed by atoms with Gasteiger partial charge >= 0.3 is 6.03 Å². The highest BCUT2D eigenvalue weighted by atomic mass is 19.1. The predicted molar refractivity (Wildman–Crippen MR) is 68.1 cm³/mol. The van der Waals surface area contributed by atoms with E-state index < -0.39 is 17.7 Å². The van der Waals surface area contributed by atoms with Crippen LogP contribution in [0.3, 0.4) is 0 Å². The van der Waals surface area contributed by atoms with Crippen LogP contribution in [0.1, 0.15) is 11.4 Å². The number of aromatic amines is 1. The zero-order chi connectivity index (χ0) is 14.1. The van der Waals surface area contributed by atoms with E-state index >= 15 is 0 Å². The largest absolute Gasteiger partial charge is 0.347 e. The molecule has 0 radical (unpaired) electrons. The van der Waals surface area contributed by atoms with Crippen LogP contribution in [0.2, 0.25) is 0 Å². The molecule has 5 nitrogen and oxygen atoms in total. The standard InChI is InChI=1S/C13H12F2N4O/c14-8-1-2-10(9(15)5-8)18-13(20)19-4-3-11-12(6-19)17-7-16-11/h1-2,5,7H,3-4,6H2,(H,16,17)(H,18,20). The first-order valence-corrected chi connectivity index (χ1v) is 6.15. The molecule has 0 saturated carbocycles. The average molecular weight is 278 g/mol. The minimum absolute atomic E-state index is 0.0354. The molecule has 104 valence electrons. The second kappa shape index (κ2) is 4.92. The maximum atomic E-state index is 13.5. The number of halogens is 2. The van der Waals surface area contributed by atoms with Gasteiger partial charge in [0.2, 0.25) is 0 Å². The molecule has 20 heavy (non-hydrogen) atoms. The van der Waals surface area contributed by atoms with Crippen LogP contribution in [0.5, 0.6) is 0 Å². The van der Waals surface area contributed by atoms with Gasteiger partial charge in [-0.25, -0.2) is 18.6 Å². The summed E-state index contributed by atoms with van der Waals surface area (Å²) in [5, 5.41) is 2.44. The molecular weight excluding hydrogens is 266 g/mol. The quantitative estimate of drug-likeness (QED) is 0.840. The Morgan fingerprint density at radius 3 is 3.05 bits per heavy atom. The van der Waals surface area contributed by atoms with E-state index in [9.17, 15) is 13.6 Å². The minimum atomic E-state index is -0.794. The van der Waals surface area contributed by atoms with Crippen molar-refractivity contribution in [3.05, 3.63) is 47.5 Å². The molecule has 0 atom stereocenters. The highest BCUT2D eigenvalue weighted by Gasteiger charge is 2.22. The third-order valence-corrected chi connectivity index (χ3v) is 3.23. The van der Waals surface area contributed by atoms with Crippen molar-refractivity contribution in [2.75, 3.05) is 11.9 Å². The molecule has 2 N–H and O–H groups in total. The third kappa shape index (κ3) is 2.34. The lowest BCUT2D eigenvalue weighted by atomic mass is 10.1. The number of carbonyl (C=O) groups is 1. The maximum Gasteiger partial charge on any atom is 0.322 e. The summed E-state index contributed by atoms with van der Waals surface area (Å²) in [4.78, 5) is 20.7. The van der Waals surface area contributed by atoms with Crippen LogP contribution >= 0.6 is 0 Å². The number of amides is 2. The number of fused-ring (bicyclic) bond motifs is 1.